The van der Waals surface area contributed by atoms with Gasteiger partial charge in [-0.25, -0.2) is 0 Å². The molecule has 1 aromatic heterocycles. The molecule has 0 radical (unpaired) electrons. The summed E-state index contributed by atoms with van der Waals surface area (Å²) in [6.07, 6.45) is 1.72. The van der Waals surface area contributed by atoms with Crippen LogP contribution in [0.5, 0.6) is 5.75 Å². The maximum atomic E-state index is 6.00. The van der Waals surface area contributed by atoms with Gasteiger partial charge in [0.1, 0.15) is 17.9 Å². The highest BCUT2D eigenvalue weighted by Gasteiger charge is 2.07. The first-order valence-electron chi connectivity index (χ1n) is 6.35. The van der Waals surface area contributed by atoms with Crippen LogP contribution < -0.4 is 10.5 Å². The first kappa shape index (κ1) is 14.0. The van der Waals surface area contributed by atoms with Crippen LogP contribution in [0.25, 0.3) is 10.9 Å². The Morgan fingerprint density at radius 2 is 1.90 bits per heavy atom. The molecule has 0 bridgehead atoms. The van der Waals surface area contributed by atoms with Gasteiger partial charge in [-0.2, -0.15) is 0 Å². The summed E-state index contributed by atoms with van der Waals surface area (Å²) in [7, 11) is 0. The largest absolute Gasteiger partial charge is 0.487 e. The van der Waals surface area contributed by atoms with Gasteiger partial charge < -0.3 is 10.5 Å². The monoisotopic (exact) mass is 318 g/mol. The van der Waals surface area contributed by atoms with Crippen molar-refractivity contribution in [3.05, 3.63) is 64.3 Å². The average Bonchev–Trinajstić information content (AvgIpc) is 2.50. The fourth-order valence-electron chi connectivity index (χ4n) is 2.08. The normalized spacial score (nSPS) is 10.8. The Labute approximate surface area is 132 Å². The Balaban J connectivity index is 1.88. The maximum Gasteiger partial charge on any atom is 0.146 e. The van der Waals surface area contributed by atoms with Crippen LogP contribution in [0.4, 0.5) is 5.69 Å². The molecule has 0 saturated carbocycles. The van der Waals surface area contributed by atoms with Crippen LogP contribution in [0.1, 0.15) is 5.56 Å². The van der Waals surface area contributed by atoms with Crippen LogP contribution in [-0.4, -0.2) is 4.98 Å². The third kappa shape index (κ3) is 2.89. The van der Waals surface area contributed by atoms with Gasteiger partial charge >= 0.3 is 0 Å². The van der Waals surface area contributed by atoms with Crippen molar-refractivity contribution in [2.45, 2.75) is 6.61 Å². The number of nitrogens with zero attached hydrogens (tertiary/aromatic N) is 1. The molecule has 2 aromatic carbocycles. The molecule has 106 valence electrons. The average molecular weight is 319 g/mol. The number of halogens is 2. The number of rotatable bonds is 3. The summed E-state index contributed by atoms with van der Waals surface area (Å²) in [5.74, 6) is 0.686. The van der Waals surface area contributed by atoms with Gasteiger partial charge in [0.15, 0.2) is 0 Å². The number of hydrogen-bond donors (Lipinski definition) is 1. The van der Waals surface area contributed by atoms with Gasteiger partial charge in [-0.05, 0) is 42.0 Å². The number of pyridine rings is 1. The number of aromatic nitrogens is 1. The van der Waals surface area contributed by atoms with Crippen LogP contribution in [-0.2, 0) is 6.61 Å². The second-order valence-electron chi connectivity index (χ2n) is 4.59. The van der Waals surface area contributed by atoms with Crippen molar-refractivity contribution < 1.29 is 4.74 Å². The van der Waals surface area contributed by atoms with Crippen molar-refractivity contribution in [2.24, 2.45) is 0 Å². The van der Waals surface area contributed by atoms with Gasteiger partial charge in [-0.1, -0.05) is 29.3 Å². The zero-order valence-corrected chi connectivity index (χ0v) is 12.5. The highest BCUT2D eigenvalue weighted by atomic mass is 35.5. The van der Waals surface area contributed by atoms with Gasteiger partial charge in [0, 0.05) is 17.3 Å². The molecule has 0 saturated heterocycles. The van der Waals surface area contributed by atoms with Gasteiger partial charge in [0.2, 0.25) is 0 Å². The molecule has 0 spiro atoms. The lowest BCUT2D eigenvalue weighted by molar-refractivity contribution is 0.309. The lowest BCUT2D eigenvalue weighted by Crippen LogP contribution is -1.98. The van der Waals surface area contributed by atoms with Gasteiger partial charge in [0.05, 0.1) is 10.0 Å². The second kappa shape index (κ2) is 5.80. The van der Waals surface area contributed by atoms with E-state index in [1.165, 1.54) is 0 Å². The molecule has 1 heterocycles. The van der Waals surface area contributed by atoms with Crippen molar-refractivity contribution >= 4 is 39.8 Å². The number of nitrogen functional groups attached to an aromatic ring is 1. The summed E-state index contributed by atoms with van der Waals surface area (Å²) in [5, 5.41) is 1.92. The van der Waals surface area contributed by atoms with Crippen LogP contribution >= 0.6 is 23.2 Å². The summed E-state index contributed by atoms with van der Waals surface area (Å²) in [5.41, 5.74) is 8.30. The fourth-order valence-corrected chi connectivity index (χ4v) is 2.40. The minimum absolute atomic E-state index is 0.381. The zero-order chi connectivity index (χ0) is 14.8. The third-order valence-electron chi connectivity index (χ3n) is 3.14. The third-order valence-corrected chi connectivity index (χ3v) is 3.88. The van der Waals surface area contributed by atoms with E-state index in [0.717, 1.165) is 16.5 Å². The molecule has 0 fully saturated rings. The lowest BCUT2D eigenvalue weighted by Gasteiger charge is -2.10. The van der Waals surface area contributed by atoms with Gasteiger partial charge in [-0.15, -0.1) is 0 Å². The predicted molar refractivity (Wildman–Crippen MR) is 86.9 cm³/mol. The molecule has 0 aliphatic heterocycles. The number of ether oxygens (including phenoxy) is 1. The number of benzene rings is 2. The van der Waals surface area contributed by atoms with E-state index < -0.39 is 0 Å². The van der Waals surface area contributed by atoms with E-state index in [9.17, 15) is 0 Å². The van der Waals surface area contributed by atoms with Crippen molar-refractivity contribution in [3.8, 4) is 5.75 Å². The van der Waals surface area contributed by atoms with E-state index in [0.29, 0.717) is 28.1 Å². The zero-order valence-electron chi connectivity index (χ0n) is 11.0. The minimum atomic E-state index is 0.381. The molecule has 3 nitrogen and oxygen atoms in total. The first-order chi connectivity index (χ1) is 10.1. The molecule has 5 heteroatoms. The summed E-state index contributed by atoms with van der Waals surface area (Å²) in [4.78, 5) is 4.33. The summed E-state index contributed by atoms with van der Waals surface area (Å²) in [6.45, 7) is 0.381. The van der Waals surface area contributed by atoms with E-state index in [2.05, 4.69) is 4.98 Å². The van der Waals surface area contributed by atoms with E-state index in [1.807, 2.05) is 30.3 Å². The van der Waals surface area contributed by atoms with Crippen molar-refractivity contribution in [2.75, 3.05) is 5.73 Å². The maximum absolute atomic E-state index is 6.00. The van der Waals surface area contributed by atoms with Gasteiger partial charge in [0.25, 0.3) is 0 Å². The lowest BCUT2D eigenvalue weighted by atomic mass is 10.1. The van der Waals surface area contributed by atoms with Crippen LogP contribution in [0.2, 0.25) is 10.0 Å². The molecule has 0 aliphatic rings. The molecule has 21 heavy (non-hydrogen) atoms. The van der Waals surface area contributed by atoms with Crippen LogP contribution in [0.3, 0.4) is 0 Å². The number of nitrogens with two attached hydrogens (primary N) is 1. The van der Waals surface area contributed by atoms with Crippen LogP contribution in [0.15, 0.2) is 48.7 Å². The Morgan fingerprint density at radius 1 is 1.05 bits per heavy atom. The number of hydrogen-bond acceptors (Lipinski definition) is 3. The van der Waals surface area contributed by atoms with E-state index in [-0.39, 0.29) is 0 Å². The second-order valence-corrected chi connectivity index (χ2v) is 5.40. The van der Waals surface area contributed by atoms with Crippen molar-refractivity contribution in [1.82, 2.24) is 4.98 Å². The van der Waals surface area contributed by atoms with E-state index in [4.69, 9.17) is 33.7 Å². The molecular weight excluding hydrogens is 307 g/mol. The van der Waals surface area contributed by atoms with E-state index >= 15 is 0 Å². The molecule has 0 amide bonds. The molecule has 0 atom stereocenters. The summed E-state index contributed by atoms with van der Waals surface area (Å²) in [6, 6.07) is 12.8. The van der Waals surface area contributed by atoms with E-state index in [1.54, 1.807) is 18.3 Å². The minimum Gasteiger partial charge on any atom is -0.487 e. The smallest absolute Gasteiger partial charge is 0.146 e. The van der Waals surface area contributed by atoms with Crippen molar-refractivity contribution in [1.29, 1.82) is 0 Å². The molecule has 3 rings (SSSR count). The quantitative estimate of drug-likeness (QED) is 0.712. The number of anilines is 1. The topological polar surface area (TPSA) is 48.1 Å². The predicted octanol–water partition coefficient (Wildman–Crippen LogP) is 4.70. The summed E-state index contributed by atoms with van der Waals surface area (Å²) >= 11 is 11.9. The Hall–Kier alpha value is -1.97. The Bertz CT molecular complexity index is 805. The van der Waals surface area contributed by atoms with Gasteiger partial charge in [-0.3, -0.25) is 4.98 Å². The molecular formula is C16H12Cl2N2O. The number of fused-ring (bicyclic) bond motifs is 1. The Kier molecular flexibility index (Phi) is 3.86. The van der Waals surface area contributed by atoms with Crippen LogP contribution in [0, 0.1) is 0 Å². The highest BCUT2D eigenvalue weighted by molar-refractivity contribution is 6.42. The molecule has 0 unspecified atom stereocenters. The molecule has 3 aromatic rings. The first-order valence-corrected chi connectivity index (χ1v) is 7.10. The fraction of sp³-hybridized carbons (Fsp3) is 0.0625. The Morgan fingerprint density at radius 3 is 2.71 bits per heavy atom. The molecule has 0 aliphatic carbocycles. The summed E-state index contributed by atoms with van der Waals surface area (Å²) < 4.78 is 5.84. The standard InChI is InChI=1S/C16H12Cl2N2O/c17-12-4-3-10(8-13(12)18)9-21-15-6-5-14(19)11-2-1-7-20-16(11)15/h1-8H,9,19H2. The van der Waals surface area contributed by atoms with Crippen molar-refractivity contribution in [3.63, 3.8) is 0 Å². The SMILES string of the molecule is Nc1ccc(OCc2ccc(Cl)c(Cl)c2)c2ncccc12. The molecule has 2 N–H and O–H groups in total. The highest BCUT2D eigenvalue weighted by Crippen LogP contribution is 2.29.